The predicted molar refractivity (Wildman–Crippen MR) is 83.1 cm³/mol. The van der Waals surface area contributed by atoms with Gasteiger partial charge in [-0.1, -0.05) is 17.7 Å². The van der Waals surface area contributed by atoms with Crippen LogP contribution in [0.4, 0.5) is 4.39 Å². The molecule has 0 aromatic heterocycles. The molecular formula is C14H17ClFN3S. The van der Waals surface area contributed by atoms with Gasteiger partial charge in [-0.3, -0.25) is 0 Å². The van der Waals surface area contributed by atoms with Crippen LogP contribution in [-0.4, -0.2) is 41.5 Å². The molecule has 1 saturated heterocycles. The molecule has 2 fully saturated rings. The van der Waals surface area contributed by atoms with Crippen molar-refractivity contribution in [1.29, 1.82) is 0 Å². The van der Waals surface area contributed by atoms with E-state index >= 15 is 0 Å². The highest BCUT2D eigenvalue weighted by Gasteiger charge is 2.41. The number of benzene rings is 1. The average molecular weight is 314 g/mol. The molecule has 0 radical (unpaired) electrons. The van der Waals surface area contributed by atoms with Crippen LogP contribution in [0.15, 0.2) is 23.2 Å². The lowest BCUT2D eigenvalue weighted by Gasteiger charge is -2.27. The molecule has 3 rings (SSSR count). The third-order valence-electron chi connectivity index (χ3n) is 3.76. The number of guanidine groups is 1. The standard InChI is InChI=1S/C14H17ClFN3S/c15-10-2-1-3-11(16)13(10)9-8-12(9)18-14(17)19-4-6-20-7-5-19/h1-3,9,12H,4-8H2,(H2,17,18). The fraction of sp³-hybridized carbons (Fsp3) is 0.500. The van der Waals surface area contributed by atoms with Crippen LogP contribution in [0.3, 0.4) is 0 Å². The number of hydrogen-bond donors (Lipinski definition) is 1. The molecule has 1 aliphatic heterocycles. The van der Waals surface area contributed by atoms with Crippen molar-refractivity contribution >= 4 is 29.3 Å². The number of hydrogen-bond acceptors (Lipinski definition) is 2. The Balaban J connectivity index is 1.69. The molecule has 108 valence electrons. The number of nitrogens with zero attached hydrogens (tertiary/aromatic N) is 2. The van der Waals surface area contributed by atoms with E-state index in [1.54, 1.807) is 12.1 Å². The zero-order chi connectivity index (χ0) is 14.1. The van der Waals surface area contributed by atoms with Crippen molar-refractivity contribution in [3.8, 4) is 0 Å². The Hall–Kier alpha value is -0.940. The van der Waals surface area contributed by atoms with E-state index in [0.717, 1.165) is 31.0 Å². The maximum atomic E-state index is 13.8. The highest BCUT2D eigenvalue weighted by Crippen LogP contribution is 2.47. The summed E-state index contributed by atoms with van der Waals surface area (Å²) in [7, 11) is 0. The molecule has 3 nitrogen and oxygen atoms in total. The van der Waals surface area contributed by atoms with Crippen molar-refractivity contribution in [3.05, 3.63) is 34.6 Å². The predicted octanol–water partition coefficient (Wildman–Crippen LogP) is 2.70. The fourth-order valence-corrected chi connectivity index (χ4v) is 3.75. The van der Waals surface area contributed by atoms with Gasteiger partial charge in [0.1, 0.15) is 5.82 Å². The maximum Gasteiger partial charge on any atom is 0.191 e. The van der Waals surface area contributed by atoms with E-state index in [9.17, 15) is 4.39 Å². The molecule has 1 heterocycles. The Morgan fingerprint density at radius 2 is 2.15 bits per heavy atom. The summed E-state index contributed by atoms with van der Waals surface area (Å²) >= 11 is 8.01. The lowest BCUT2D eigenvalue weighted by Crippen LogP contribution is -2.42. The van der Waals surface area contributed by atoms with Gasteiger partial charge in [-0.15, -0.1) is 0 Å². The first kappa shape index (κ1) is 14.0. The minimum Gasteiger partial charge on any atom is -0.370 e. The van der Waals surface area contributed by atoms with Crippen LogP contribution in [0.25, 0.3) is 0 Å². The van der Waals surface area contributed by atoms with E-state index in [1.807, 2.05) is 11.8 Å². The Morgan fingerprint density at radius 1 is 1.40 bits per heavy atom. The molecule has 0 bridgehead atoms. The van der Waals surface area contributed by atoms with Crippen LogP contribution in [-0.2, 0) is 0 Å². The van der Waals surface area contributed by atoms with Gasteiger partial charge < -0.3 is 10.6 Å². The lowest BCUT2D eigenvalue weighted by molar-refractivity contribution is 0.455. The van der Waals surface area contributed by atoms with Gasteiger partial charge in [-0.25, -0.2) is 9.38 Å². The van der Waals surface area contributed by atoms with Gasteiger partial charge in [0.05, 0.1) is 6.04 Å². The second kappa shape index (κ2) is 5.82. The summed E-state index contributed by atoms with van der Waals surface area (Å²) < 4.78 is 13.8. The topological polar surface area (TPSA) is 41.6 Å². The second-order valence-corrected chi connectivity index (χ2v) is 6.76. The van der Waals surface area contributed by atoms with Crippen molar-refractivity contribution in [2.24, 2.45) is 10.7 Å². The second-order valence-electron chi connectivity index (χ2n) is 5.13. The smallest absolute Gasteiger partial charge is 0.191 e. The summed E-state index contributed by atoms with van der Waals surface area (Å²) in [5.74, 6) is 2.59. The minimum atomic E-state index is -0.242. The van der Waals surface area contributed by atoms with Crippen LogP contribution in [0.2, 0.25) is 5.02 Å². The van der Waals surface area contributed by atoms with Gasteiger partial charge >= 0.3 is 0 Å². The first-order valence-corrected chi connectivity index (χ1v) is 8.30. The molecule has 1 saturated carbocycles. The molecule has 2 N–H and O–H groups in total. The third kappa shape index (κ3) is 2.88. The lowest BCUT2D eigenvalue weighted by atomic mass is 10.1. The quantitative estimate of drug-likeness (QED) is 0.674. The maximum absolute atomic E-state index is 13.8. The highest BCUT2D eigenvalue weighted by molar-refractivity contribution is 7.99. The molecule has 0 spiro atoms. The number of halogens is 2. The summed E-state index contributed by atoms with van der Waals surface area (Å²) in [6, 6.07) is 4.87. The monoisotopic (exact) mass is 313 g/mol. The summed E-state index contributed by atoms with van der Waals surface area (Å²) in [5, 5.41) is 0.487. The minimum absolute atomic E-state index is 0.0685. The summed E-state index contributed by atoms with van der Waals surface area (Å²) in [4.78, 5) is 6.64. The Bertz CT molecular complexity index is 511. The SMILES string of the molecule is NC(=NC1CC1c1c(F)cccc1Cl)N1CCSCC1. The van der Waals surface area contributed by atoms with Crippen LogP contribution >= 0.6 is 23.4 Å². The Labute approximate surface area is 127 Å². The summed E-state index contributed by atoms with van der Waals surface area (Å²) in [6.07, 6.45) is 0.823. The van der Waals surface area contributed by atoms with Crippen LogP contribution in [0, 0.1) is 5.82 Å². The van der Waals surface area contributed by atoms with Gasteiger partial charge in [0.25, 0.3) is 0 Å². The van der Waals surface area contributed by atoms with E-state index in [-0.39, 0.29) is 17.8 Å². The van der Waals surface area contributed by atoms with E-state index in [4.69, 9.17) is 17.3 Å². The van der Waals surface area contributed by atoms with Gasteiger partial charge in [0.2, 0.25) is 0 Å². The van der Waals surface area contributed by atoms with Crippen molar-refractivity contribution in [3.63, 3.8) is 0 Å². The Morgan fingerprint density at radius 3 is 2.85 bits per heavy atom. The molecule has 2 aliphatic rings. The van der Waals surface area contributed by atoms with Crippen LogP contribution < -0.4 is 5.73 Å². The van der Waals surface area contributed by atoms with E-state index in [2.05, 4.69) is 9.89 Å². The van der Waals surface area contributed by atoms with Crippen LogP contribution in [0.1, 0.15) is 17.9 Å². The van der Waals surface area contributed by atoms with Gasteiger partial charge in [0, 0.05) is 41.1 Å². The molecular weight excluding hydrogens is 297 g/mol. The summed E-state index contributed by atoms with van der Waals surface area (Å²) in [5.41, 5.74) is 6.63. The molecule has 1 aromatic carbocycles. The van der Waals surface area contributed by atoms with Gasteiger partial charge in [-0.05, 0) is 18.6 Å². The first-order valence-electron chi connectivity index (χ1n) is 6.76. The molecule has 2 atom stereocenters. The molecule has 6 heteroatoms. The van der Waals surface area contributed by atoms with Gasteiger partial charge in [0.15, 0.2) is 5.96 Å². The average Bonchev–Trinajstić information content (AvgIpc) is 3.18. The molecule has 1 aromatic rings. The molecule has 1 aliphatic carbocycles. The number of thioether (sulfide) groups is 1. The highest BCUT2D eigenvalue weighted by atomic mass is 35.5. The zero-order valence-corrected chi connectivity index (χ0v) is 12.6. The first-order chi connectivity index (χ1) is 9.66. The Kier molecular flexibility index (Phi) is 4.08. The fourth-order valence-electron chi connectivity index (χ4n) is 2.54. The van der Waals surface area contributed by atoms with Crippen LogP contribution in [0.5, 0.6) is 0 Å². The normalized spacial score (nSPS) is 26.7. The van der Waals surface area contributed by atoms with E-state index in [0.29, 0.717) is 16.5 Å². The number of nitrogens with two attached hydrogens (primary N) is 1. The van der Waals surface area contributed by atoms with Crippen molar-refractivity contribution in [2.45, 2.75) is 18.4 Å². The van der Waals surface area contributed by atoms with E-state index in [1.165, 1.54) is 6.07 Å². The number of aliphatic imine (C=N–C) groups is 1. The van der Waals surface area contributed by atoms with Crippen molar-refractivity contribution < 1.29 is 4.39 Å². The number of rotatable bonds is 2. The van der Waals surface area contributed by atoms with Gasteiger partial charge in [-0.2, -0.15) is 11.8 Å². The third-order valence-corrected chi connectivity index (χ3v) is 5.03. The molecule has 2 unspecified atom stereocenters. The van der Waals surface area contributed by atoms with Crippen molar-refractivity contribution in [1.82, 2.24) is 4.90 Å². The van der Waals surface area contributed by atoms with E-state index < -0.39 is 0 Å². The zero-order valence-electron chi connectivity index (χ0n) is 11.1. The summed E-state index contributed by atoms with van der Waals surface area (Å²) in [6.45, 7) is 1.88. The molecule has 20 heavy (non-hydrogen) atoms. The molecule has 0 amide bonds. The largest absolute Gasteiger partial charge is 0.370 e. The van der Waals surface area contributed by atoms with Crippen molar-refractivity contribution in [2.75, 3.05) is 24.6 Å².